The molecule has 6 nitrogen and oxygen atoms in total. The first kappa shape index (κ1) is 20.2. The van der Waals surface area contributed by atoms with Gasteiger partial charge in [0.05, 0.1) is 17.8 Å². The lowest BCUT2D eigenvalue weighted by Gasteiger charge is -2.25. The first-order valence-electron chi connectivity index (χ1n) is 11.1. The van der Waals surface area contributed by atoms with E-state index in [0.717, 1.165) is 35.1 Å². The Bertz CT molecular complexity index is 1200. The summed E-state index contributed by atoms with van der Waals surface area (Å²) in [6.45, 7) is 2.62. The summed E-state index contributed by atoms with van der Waals surface area (Å²) in [6, 6.07) is 22.1. The number of nitrogens with zero attached hydrogens (tertiary/aromatic N) is 3. The molecule has 0 aliphatic heterocycles. The SMILES string of the molecule is C[C@H](NC(=O)CCN(c1nc(-c2ccco2)nc2ccccc12)C1CC1)c1ccccc1. The minimum atomic E-state index is -0.0245. The topological polar surface area (TPSA) is 71.3 Å². The molecule has 1 aliphatic rings. The maximum absolute atomic E-state index is 12.7. The van der Waals surface area contributed by atoms with Gasteiger partial charge >= 0.3 is 0 Å². The number of benzene rings is 2. The number of rotatable bonds is 8. The molecule has 162 valence electrons. The van der Waals surface area contributed by atoms with Crippen LogP contribution in [0.3, 0.4) is 0 Å². The molecule has 1 amide bonds. The number of para-hydroxylation sites is 1. The number of hydrogen-bond acceptors (Lipinski definition) is 5. The van der Waals surface area contributed by atoms with E-state index in [2.05, 4.69) is 10.2 Å². The number of carbonyl (C=O) groups excluding carboxylic acids is 1. The molecular weight excluding hydrogens is 400 g/mol. The summed E-state index contributed by atoms with van der Waals surface area (Å²) >= 11 is 0. The van der Waals surface area contributed by atoms with Crippen LogP contribution in [0.4, 0.5) is 5.82 Å². The Balaban J connectivity index is 1.38. The van der Waals surface area contributed by atoms with E-state index in [4.69, 9.17) is 14.4 Å². The zero-order valence-corrected chi connectivity index (χ0v) is 18.1. The average molecular weight is 427 g/mol. The van der Waals surface area contributed by atoms with Crippen molar-refractivity contribution in [1.29, 1.82) is 0 Å². The molecule has 0 unspecified atom stereocenters. The van der Waals surface area contributed by atoms with Gasteiger partial charge in [0.2, 0.25) is 5.91 Å². The Morgan fingerprint density at radius 2 is 1.84 bits per heavy atom. The Morgan fingerprint density at radius 1 is 1.06 bits per heavy atom. The van der Waals surface area contributed by atoms with Crippen LogP contribution in [0.5, 0.6) is 0 Å². The number of anilines is 1. The van der Waals surface area contributed by atoms with Crippen LogP contribution in [0.2, 0.25) is 0 Å². The van der Waals surface area contributed by atoms with E-state index in [1.807, 2.05) is 73.7 Å². The number of aromatic nitrogens is 2. The average Bonchev–Trinajstić information content (AvgIpc) is 3.51. The van der Waals surface area contributed by atoms with Crippen molar-refractivity contribution in [2.75, 3.05) is 11.4 Å². The van der Waals surface area contributed by atoms with Gasteiger partial charge < -0.3 is 14.6 Å². The van der Waals surface area contributed by atoms with E-state index in [1.54, 1.807) is 6.26 Å². The highest BCUT2D eigenvalue weighted by Gasteiger charge is 2.32. The fourth-order valence-corrected chi connectivity index (χ4v) is 4.00. The molecule has 2 aromatic carbocycles. The molecule has 0 spiro atoms. The van der Waals surface area contributed by atoms with Gasteiger partial charge in [-0.15, -0.1) is 0 Å². The van der Waals surface area contributed by atoms with Crippen LogP contribution in [0.15, 0.2) is 77.4 Å². The van der Waals surface area contributed by atoms with Gasteiger partial charge in [-0.3, -0.25) is 4.79 Å². The summed E-state index contributed by atoms with van der Waals surface area (Å²) in [7, 11) is 0. The van der Waals surface area contributed by atoms with E-state index >= 15 is 0 Å². The summed E-state index contributed by atoms with van der Waals surface area (Å²) < 4.78 is 5.56. The number of amides is 1. The van der Waals surface area contributed by atoms with E-state index in [-0.39, 0.29) is 11.9 Å². The Labute approximate surface area is 187 Å². The molecule has 0 saturated heterocycles. The van der Waals surface area contributed by atoms with Crippen molar-refractivity contribution in [3.63, 3.8) is 0 Å². The predicted octanol–water partition coefficient (Wildman–Crippen LogP) is 5.13. The van der Waals surface area contributed by atoms with Crippen molar-refractivity contribution in [2.45, 2.75) is 38.3 Å². The molecule has 1 N–H and O–H groups in total. The molecule has 1 fully saturated rings. The molecule has 2 aromatic heterocycles. The van der Waals surface area contributed by atoms with Crippen LogP contribution in [-0.2, 0) is 4.79 Å². The summed E-state index contributed by atoms with van der Waals surface area (Å²) in [6.07, 6.45) is 4.25. The fourth-order valence-electron chi connectivity index (χ4n) is 4.00. The van der Waals surface area contributed by atoms with Crippen LogP contribution < -0.4 is 10.2 Å². The molecule has 4 aromatic rings. The normalized spacial score (nSPS) is 14.3. The highest BCUT2D eigenvalue weighted by atomic mass is 16.3. The van der Waals surface area contributed by atoms with Crippen molar-refractivity contribution in [1.82, 2.24) is 15.3 Å². The second-order valence-corrected chi connectivity index (χ2v) is 8.24. The molecule has 32 heavy (non-hydrogen) atoms. The Hall–Kier alpha value is -3.67. The van der Waals surface area contributed by atoms with E-state index in [1.165, 1.54) is 0 Å². The molecule has 6 heteroatoms. The fraction of sp³-hybridized carbons (Fsp3) is 0.269. The van der Waals surface area contributed by atoms with Gasteiger partial charge in [0.1, 0.15) is 5.82 Å². The first-order chi connectivity index (χ1) is 15.7. The lowest BCUT2D eigenvalue weighted by molar-refractivity contribution is -0.121. The molecule has 0 radical (unpaired) electrons. The second kappa shape index (κ2) is 8.83. The maximum Gasteiger partial charge on any atom is 0.222 e. The van der Waals surface area contributed by atoms with Crippen LogP contribution in [-0.4, -0.2) is 28.5 Å². The van der Waals surface area contributed by atoms with Gasteiger partial charge in [0, 0.05) is 24.4 Å². The van der Waals surface area contributed by atoms with E-state index in [9.17, 15) is 4.79 Å². The highest BCUT2D eigenvalue weighted by Crippen LogP contribution is 2.35. The first-order valence-corrected chi connectivity index (χ1v) is 11.1. The number of hydrogen-bond donors (Lipinski definition) is 1. The van der Waals surface area contributed by atoms with Crippen LogP contribution >= 0.6 is 0 Å². The molecule has 2 heterocycles. The zero-order chi connectivity index (χ0) is 21.9. The van der Waals surface area contributed by atoms with Gasteiger partial charge in [0.15, 0.2) is 11.6 Å². The summed E-state index contributed by atoms with van der Waals surface area (Å²) in [5.74, 6) is 2.11. The minimum Gasteiger partial charge on any atom is -0.461 e. The predicted molar refractivity (Wildman–Crippen MR) is 125 cm³/mol. The third-order valence-electron chi connectivity index (χ3n) is 5.84. The van der Waals surface area contributed by atoms with Crippen molar-refractivity contribution in [2.24, 2.45) is 0 Å². The number of carbonyl (C=O) groups is 1. The van der Waals surface area contributed by atoms with Gasteiger partial charge in [-0.05, 0) is 49.6 Å². The Kier molecular flexibility index (Phi) is 5.58. The third kappa shape index (κ3) is 4.35. The zero-order valence-electron chi connectivity index (χ0n) is 18.1. The monoisotopic (exact) mass is 426 g/mol. The van der Waals surface area contributed by atoms with Crippen molar-refractivity contribution in [3.05, 3.63) is 78.6 Å². The van der Waals surface area contributed by atoms with Crippen LogP contribution in [0.25, 0.3) is 22.5 Å². The van der Waals surface area contributed by atoms with Gasteiger partial charge in [-0.1, -0.05) is 42.5 Å². The smallest absolute Gasteiger partial charge is 0.222 e. The van der Waals surface area contributed by atoms with Crippen molar-refractivity contribution >= 4 is 22.6 Å². The summed E-state index contributed by atoms with van der Waals surface area (Å²) in [4.78, 5) is 24.6. The lowest BCUT2D eigenvalue weighted by Crippen LogP contribution is -2.34. The minimum absolute atomic E-state index is 0.0245. The standard InChI is InChI=1S/C26H26N4O2/c1-18(19-8-3-2-4-9-19)27-24(31)15-16-30(20-13-14-20)26-21-10-5-6-11-22(21)28-25(29-26)23-12-7-17-32-23/h2-12,17-18,20H,13-16H2,1H3,(H,27,31)/t18-/m0/s1. The van der Waals surface area contributed by atoms with Gasteiger partial charge in [0.25, 0.3) is 0 Å². The maximum atomic E-state index is 12.7. The lowest BCUT2D eigenvalue weighted by atomic mass is 10.1. The number of nitrogens with one attached hydrogen (secondary N) is 1. The number of fused-ring (bicyclic) bond motifs is 1. The quantitative estimate of drug-likeness (QED) is 0.423. The largest absolute Gasteiger partial charge is 0.461 e. The van der Waals surface area contributed by atoms with Gasteiger partial charge in [-0.25, -0.2) is 9.97 Å². The number of furan rings is 1. The summed E-state index contributed by atoms with van der Waals surface area (Å²) in [5, 5.41) is 4.11. The molecular formula is C26H26N4O2. The van der Waals surface area contributed by atoms with Crippen LogP contribution in [0.1, 0.15) is 37.8 Å². The van der Waals surface area contributed by atoms with Crippen molar-refractivity contribution in [3.8, 4) is 11.6 Å². The van der Waals surface area contributed by atoms with E-state index in [0.29, 0.717) is 30.6 Å². The van der Waals surface area contributed by atoms with Crippen LogP contribution in [0, 0.1) is 0 Å². The summed E-state index contributed by atoms with van der Waals surface area (Å²) in [5.41, 5.74) is 1.97. The van der Waals surface area contributed by atoms with Gasteiger partial charge in [-0.2, -0.15) is 0 Å². The highest BCUT2D eigenvalue weighted by molar-refractivity contribution is 5.91. The molecule has 1 saturated carbocycles. The molecule has 0 bridgehead atoms. The van der Waals surface area contributed by atoms with E-state index < -0.39 is 0 Å². The second-order valence-electron chi connectivity index (χ2n) is 8.24. The van der Waals surface area contributed by atoms with Crippen molar-refractivity contribution < 1.29 is 9.21 Å². The molecule has 5 rings (SSSR count). The molecule has 1 aliphatic carbocycles. The Morgan fingerprint density at radius 3 is 2.59 bits per heavy atom. The molecule has 1 atom stereocenters. The third-order valence-corrected chi connectivity index (χ3v) is 5.84.